The molecule has 2 N–H and O–H groups in total. The maximum Gasteiger partial charge on any atom is 0.231 e. The van der Waals surface area contributed by atoms with Gasteiger partial charge in [0, 0.05) is 71.1 Å². The van der Waals surface area contributed by atoms with Crippen molar-refractivity contribution in [3.63, 3.8) is 0 Å². The number of carbonyl (C=O) groups excluding carboxylic acids is 2. The Bertz CT molecular complexity index is 3170. The highest BCUT2D eigenvalue weighted by Gasteiger charge is 2.52. The topological polar surface area (TPSA) is 149 Å². The summed E-state index contributed by atoms with van der Waals surface area (Å²) in [4.78, 5) is 27.1. The van der Waals surface area contributed by atoms with Crippen molar-refractivity contribution < 1.29 is 58.4 Å². The number of ketones is 2. The first-order valence-corrected chi connectivity index (χ1v) is 25.0. The molecule has 11 rings (SSSR count). The van der Waals surface area contributed by atoms with Crippen LogP contribution in [0.3, 0.4) is 0 Å². The lowest BCUT2D eigenvalue weighted by Crippen LogP contribution is -2.26. The first-order chi connectivity index (χ1) is 35.6. The van der Waals surface area contributed by atoms with Crippen LogP contribution in [-0.4, -0.2) is 89.8 Å². The minimum absolute atomic E-state index is 0.0188. The van der Waals surface area contributed by atoms with E-state index in [1.165, 1.54) is 5.69 Å². The molecule has 2 aliphatic carbocycles. The van der Waals surface area contributed by atoms with Gasteiger partial charge in [0.15, 0.2) is 28.8 Å². The van der Waals surface area contributed by atoms with E-state index in [0.717, 1.165) is 75.4 Å². The Hall–Kier alpha value is -5.70. The Morgan fingerprint density at radius 3 is 1.54 bits per heavy atom. The van der Waals surface area contributed by atoms with Crippen LogP contribution in [0.15, 0.2) is 84.9 Å². The van der Waals surface area contributed by atoms with Crippen LogP contribution in [0.25, 0.3) is 21.8 Å². The smallest absolute Gasteiger partial charge is 0.231 e. The van der Waals surface area contributed by atoms with Crippen LogP contribution in [0.5, 0.6) is 23.0 Å². The number of methoxy groups -OCH3 is 1. The lowest BCUT2D eigenvalue weighted by molar-refractivity contribution is -0.139. The quantitative estimate of drug-likeness (QED) is 0.114. The van der Waals surface area contributed by atoms with Gasteiger partial charge in [0.05, 0.1) is 43.2 Å². The summed E-state index contributed by atoms with van der Waals surface area (Å²) in [6.07, 6.45) is 2.84. The fourth-order valence-corrected chi connectivity index (χ4v) is 10.4. The molecule has 2 saturated carbocycles. The van der Waals surface area contributed by atoms with Crippen molar-refractivity contribution in [2.24, 2.45) is 0 Å². The van der Waals surface area contributed by atoms with Crippen LogP contribution in [0.1, 0.15) is 120 Å². The van der Waals surface area contributed by atoms with Gasteiger partial charge in [0.25, 0.3) is 0 Å². The Morgan fingerprint density at radius 2 is 1.12 bits per heavy atom. The van der Waals surface area contributed by atoms with Crippen LogP contribution < -0.4 is 18.9 Å². The number of ether oxygens (including phenoxy) is 7. The summed E-state index contributed by atoms with van der Waals surface area (Å²) in [6, 6.07) is 27.2. The average Bonchev–Trinajstić information content (AvgIpc) is 4.17. The normalized spacial score (nSPS) is 21.3. The van der Waals surface area contributed by atoms with Gasteiger partial charge in [-0.05, 0) is 122 Å². The van der Waals surface area contributed by atoms with Gasteiger partial charge >= 0.3 is 0 Å². The molecule has 0 radical (unpaired) electrons. The molecular formula is C59H72N2O11. The highest BCUT2D eigenvalue weighted by Crippen LogP contribution is 2.53. The largest absolute Gasteiger partial charge is 0.454 e. The molecular weight excluding hydrogens is 913 g/mol. The summed E-state index contributed by atoms with van der Waals surface area (Å²) in [5.41, 5.74) is 6.66. The molecule has 72 heavy (non-hydrogen) atoms. The summed E-state index contributed by atoms with van der Waals surface area (Å²) in [7, 11) is 3.25. The van der Waals surface area contributed by atoms with E-state index in [0.29, 0.717) is 55.5 Å². The zero-order valence-electron chi connectivity index (χ0n) is 47.3. The molecule has 384 valence electrons. The van der Waals surface area contributed by atoms with E-state index in [-0.39, 0.29) is 35.1 Å². The second kappa shape index (κ2) is 19.6. The maximum atomic E-state index is 13.6. The second-order valence-electron chi connectivity index (χ2n) is 22.5. The number of benzene rings is 4. The molecule has 0 amide bonds. The van der Waals surface area contributed by atoms with Crippen molar-refractivity contribution in [1.82, 2.24) is 9.13 Å². The number of aliphatic hydroxyl groups excluding tert-OH is 2. The third-order valence-electron chi connectivity index (χ3n) is 14.4. The van der Waals surface area contributed by atoms with Gasteiger partial charge in [-0.25, -0.2) is 0 Å². The predicted molar refractivity (Wildman–Crippen MR) is 277 cm³/mol. The molecule has 2 atom stereocenters. The minimum atomic E-state index is -2.19. The van der Waals surface area contributed by atoms with Gasteiger partial charge in [-0.15, -0.1) is 0 Å². The van der Waals surface area contributed by atoms with Crippen molar-refractivity contribution >= 4 is 33.4 Å². The number of aromatic nitrogens is 2. The SMILES string of the molecule is COC.[2H]C1([2H])Oc2ccc(C3(C(=O)Cc4ccc5c(c4)cc(C(C)(C)C)n5C[C@@H](O)CO)CC3)cc2O1.[2H]C1([2H])Oc2ccc(C3(C(=O)Cc4ccc5c(c4)cc(C(C)(C)C)n5C[C@@H]4COC(C)(C)O4)CC3)cc2O1. The third-order valence-corrected chi connectivity index (χ3v) is 14.4. The number of carbonyl (C=O) groups is 2. The average molecular weight is 989 g/mol. The van der Waals surface area contributed by atoms with Gasteiger partial charge in [-0.3, -0.25) is 9.59 Å². The standard InChI is InChI=1S/C30H35NO5.C27H31NO5.C2H6O/c1-28(2,3)26-14-20-12-19(6-8-23(20)31(26)16-22-17-35-29(4,5)36-22)13-27(32)30(10-11-30)21-7-9-24-25(15-21)34-18-33-24;1-26(2,3)24-12-18-10-17(4-6-21(18)28(24)14-20(30)15-29)11-25(31)27(8-9-27)19-5-7-22-23(13-19)33-16-32-22;1-3-2/h6-9,12,14-15,22H,10-11,13,16-18H2,1-5H3;4-7,10,12-13,20,29-30H,8-9,11,14-16H2,1-3H3;1-2H3/t22-;20-;/m11./s1/i18D2;16D2;. The van der Waals surface area contributed by atoms with E-state index < -0.39 is 36.2 Å². The molecule has 4 aromatic carbocycles. The molecule has 3 fully saturated rings. The first-order valence-electron chi connectivity index (χ1n) is 27.0. The van der Waals surface area contributed by atoms with Crippen LogP contribution in [0.2, 0.25) is 0 Å². The van der Waals surface area contributed by atoms with Crippen LogP contribution in [-0.2, 0) is 71.4 Å². The van der Waals surface area contributed by atoms with Crippen molar-refractivity contribution in [3.05, 3.63) is 119 Å². The van der Waals surface area contributed by atoms with Crippen LogP contribution in [0.4, 0.5) is 0 Å². The van der Waals surface area contributed by atoms with Gasteiger partial charge < -0.3 is 52.5 Å². The number of aliphatic hydroxyl groups is 2. The second-order valence-corrected chi connectivity index (χ2v) is 22.5. The molecule has 0 spiro atoms. The lowest BCUT2D eigenvalue weighted by atomic mass is 9.87. The Balaban J connectivity index is 0.000000177. The van der Waals surface area contributed by atoms with Gasteiger partial charge in [-0.1, -0.05) is 65.8 Å². The van der Waals surface area contributed by atoms with Gasteiger partial charge in [0.1, 0.15) is 23.2 Å². The van der Waals surface area contributed by atoms with E-state index in [1.807, 2.05) is 44.2 Å². The molecule has 13 heteroatoms. The molecule has 0 unspecified atom stereocenters. The summed E-state index contributed by atoms with van der Waals surface area (Å²) >= 11 is 0. The van der Waals surface area contributed by atoms with Crippen molar-refractivity contribution in [2.75, 3.05) is 40.9 Å². The predicted octanol–water partition coefficient (Wildman–Crippen LogP) is 9.79. The number of Topliss-reactive ketones (excluding diaryl/α,β-unsaturated/α-hetero) is 2. The summed E-state index contributed by atoms with van der Waals surface area (Å²) in [5.74, 6) is 1.13. The fraction of sp³-hybridized carbons (Fsp3) is 0.492. The molecule has 6 aromatic rings. The number of hydrogen-bond acceptors (Lipinski definition) is 11. The summed E-state index contributed by atoms with van der Waals surface area (Å²) in [6.45, 7) is 13.8. The molecule has 13 nitrogen and oxygen atoms in total. The highest BCUT2D eigenvalue weighted by molar-refractivity contribution is 5.96. The van der Waals surface area contributed by atoms with E-state index in [9.17, 15) is 19.8 Å². The number of hydrogen-bond donors (Lipinski definition) is 2. The Morgan fingerprint density at radius 1 is 0.681 bits per heavy atom. The zero-order chi connectivity index (χ0) is 55.0. The Kier molecular flexibility index (Phi) is 12.6. The summed E-state index contributed by atoms with van der Waals surface area (Å²) < 4.78 is 72.1. The van der Waals surface area contributed by atoms with Crippen molar-refractivity contribution in [1.29, 1.82) is 0 Å². The van der Waals surface area contributed by atoms with Crippen molar-refractivity contribution in [3.8, 4) is 23.0 Å². The number of fused-ring (bicyclic) bond motifs is 4. The Labute approximate surface area is 428 Å². The van der Waals surface area contributed by atoms with Crippen LogP contribution in [0, 0.1) is 0 Å². The molecule has 0 bridgehead atoms. The van der Waals surface area contributed by atoms with E-state index in [4.69, 9.17) is 33.9 Å². The monoisotopic (exact) mass is 989 g/mol. The highest BCUT2D eigenvalue weighted by atomic mass is 16.7. The lowest BCUT2D eigenvalue weighted by Gasteiger charge is -2.24. The van der Waals surface area contributed by atoms with Gasteiger partial charge in [0.2, 0.25) is 13.5 Å². The van der Waals surface area contributed by atoms with Gasteiger partial charge in [-0.2, -0.15) is 0 Å². The molecule has 5 heterocycles. The third kappa shape index (κ3) is 10.4. The van der Waals surface area contributed by atoms with E-state index >= 15 is 0 Å². The first kappa shape index (κ1) is 46.1. The van der Waals surface area contributed by atoms with E-state index in [1.54, 1.807) is 38.5 Å². The summed E-state index contributed by atoms with van der Waals surface area (Å²) in [5, 5.41) is 21.6. The van der Waals surface area contributed by atoms with Crippen molar-refractivity contribution in [2.45, 2.75) is 147 Å². The minimum Gasteiger partial charge on any atom is -0.454 e. The van der Waals surface area contributed by atoms with E-state index in [2.05, 4.69) is 85.7 Å². The van der Waals surface area contributed by atoms with Crippen LogP contribution >= 0.6 is 0 Å². The molecule has 5 aliphatic rings. The molecule has 3 aliphatic heterocycles. The fourth-order valence-electron chi connectivity index (χ4n) is 10.4. The zero-order valence-corrected chi connectivity index (χ0v) is 43.3. The maximum absolute atomic E-state index is 13.6. The molecule has 1 saturated heterocycles. The molecule has 2 aromatic heterocycles. The number of rotatable bonds is 13. The number of nitrogens with zero attached hydrogens (tertiary/aromatic N) is 2.